The van der Waals surface area contributed by atoms with E-state index in [4.69, 9.17) is 12.2 Å². The van der Waals surface area contributed by atoms with Crippen LogP contribution in [0.4, 0.5) is 0 Å². The van der Waals surface area contributed by atoms with Crippen molar-refractivity contribution in [2.45, 2.75) is 57.9 Å². The van der Waals surface area contributed by atoms with Gasteiger partial charge < -0.3 is 5.32 Å². The molecule has 2 nitrogen and oxygen atoms in total. The van der Waals surface area contributed by atoms with Crippen LogP contribution in [-0.4, -0.2) is 22.1 Å². The molecule has 1 amide bonds. The minimum absolute atomic E-state index is 0.00482. The van der Waals surface area contributed by atoms with Gasteiger partial charge in [-0.05, 0) is 78.4 Å². The van der Waals surface area contributed by atoms with Crippen molar-refractivity contribution in [3.8, 4) is 0 Å². The molecule has 4 bridgehead atoms. The first-order valence-corrected chi connectivity index (χ1v) is 11.5. The third-order valence-corrected chi connectivity index (χ3v) is 8.58. The number of thiocarbonyl (C=S) groups is 1. The fraction of sp³-hybridized carbons (Fsp3) is 0.565. The van der Waals surface area contributed by atoms with Crippen LogP contribution < -0.4 is 5.32 Å². The molecule has 1 aliphatic heterocycles. The van der Waals surface area contributed by atoms with E-state index < -0.39 is 0 Å². The van der Waals surface area contributed by atoms with Crippen molar-refractivity contribution in [2.75, 3.05) is 5.75 Å². The van der Waals surface area contributed by atoms with Crippen molar-refractivity contribution in [3.63, 3.8) is 0 Å². The molecule has 0 aromatic heterocycles. The predicted molar refractivity (Wildman–Crippen MR) is 117 cm³/mol. The highest BCUT2D eigenvalue weighted by Gasteiger charge is 2.60. The largest absolute Gasteiger partial charge is 0.347 e. The van der Waals surface area contributed by atoms with Gasteiger partial charge in [0.15, 0.2) is 0 Å². The van der Waals surface area contributed by atoms with E-state index in [2.05, 4.69) is 24.6 Å². The lowest BCUT2D eigenvalue weighted by molar-refractivity contribution is -0.114. The van der Waals surface area contributed by atoms with Gasteiger partial charge in [-0.25, -0.2) is 0 Å². The molecule has 1 N–H and O–H groups in total. The summed E-state index contributed by atoms with van der Waals surface area (Å²) < 4.78 is 0. The van der Waals surface area contributed by atoms with Gasteiger partial charge in [0.2, 0.25) is 0 Å². The number of amides is 1. The van der Waals surface area contributed by atoms with Gasteiger partial charge >= 0.3 is 0 Å². The SMILES string of the molecule is CC12CC3CC(C)(C1)CC(NC(=O)c1ccc(C4=CSCC4=S)cc1)(C3)C2. The lowest BCUT2D eigenvalue weighted by Crippen LogP contribution is -2.65. The van der Waals surface area contributed by atoms with Gasteiger partial charge in [0.1, 0.15) is 0 Å². The number of allylic oxidation sites excluding steroid dienone is 1. The number of nitrogens with one attached hydrogen (secondary N) is 1. The molecule has 142 valence electrons. The first-order valence-electron chi connectivity index (χ1n) is 10.1. The topological polar surface area (TPSA) is 29.1 Å². The number of hydrogen-bond acceptors (Lipinski definition) is 3. The van der Waals surface area contributed by atoms with Crippen molar-refractivity contribution in [1.29, 1.82) is 0 Å². The van der Waals surface area contributed by atoms with Gasteiger partial charge in [-0.15, -0.1) is 11.8 Å². The molecule has 2 atom stereocenters. The van der Waals surface area contributed by atoms with Crippen LogP contribution in [0.3, 0.4) is 0 Å². The highest BCUT2D eigenvalue weighted by Crippen LogP contribution is 2.66. The highest BCUT2D eigenvalue weighted by atomic mass is 32.2. The minimum Gasteiger partial charge on any atom is -0.347 e. The monoisotopic (exact) mass is 397 g/mol. The van der Waals surface area contributed by atoms with Crippen molar-refractivity contribution < 1.29 is 4.79 Å². The van der Waals surface area contributed by atoms with E-state index in [0.717, 1.165) is 46.1 Å². The Morgan fingerprint density at radius 2 is 1.74 bits per heavy atom. The normalized spacial score (nSPS) is 39.6. The van der Waals surface area contributed by atoms with Crippen LogP contribution >= 0.6 is 24.0 Å². The van der Waals surface area contributed by atoms with Gasteiger partial charge in [0.25, 0.3) is 5.91 Å². The summed E-state index contributed by atoms with van der Waals surface area (Å²) in [4.78, 5) is 14.1. The van der Waals surface area contributed by atoms with Crippen molar-refractivity contribution in [1.82, 2.24) is 5.32 Å². The van der Waals surface area contributed by atoms with Crippen LogP contribution in [0.25, 0.3) is 5.57 Å². The molecule has 2 unspecified atom stereocenters. The Morgan fingerprint density at radius 1 is 1.07 bits per heavy atom. The first-order chi connectivity index (χ1) is 12.8. The summed E-state index contributed by atoms with van der Waals surface area (Å²) in [7, 11) is 0. The summed E-state index contributed by atoms with van der Waals surface area (Å²) >= 11 is 7.18. The number of thioether (sulfide) groups is 1. The molecule has 4 heteroatoms. The standard InChI is InChI=1S/C23H27NOS2/c1-21-7-15-8-22(2,12-21)14-23(9-15,13-21)24-20(25)17-5-3-16(4-6-17)18-10-27-11-19(18)26/h3-6,10,15H,7-9,11-14H2,1-2H3,(H,24,25). The highest BCUT2D eigenvalue weighted by molar-refractivity contribution is 8.05. The summed E-state index contributed by atoms with van der Waals surface area (Å²) in [6, 6.07) is 8.00. The molecule has 1 aromatic rings. The zero-order valence-electron chi connectivity index (χ0n) is 16.1. The Kier molecular flexibility index (Phi) is 3.94. The Labute approximate surface area is 171 Å². The second-order valence-electron chi connectivity index (χ2n) is 10.2. The van der Waals surface area contributed by atoms with Gasteiger partial charge in [0, 0.05) is 27.3 Å². The van der Waals surface area contributed by atoms with Gasteiger partial charge in [0.05, 0.1) is 0 Å². The molecular weight excluding hydrogens is 370 g/mol. The fourth-order valence-corrected chi connectivity index (χ4v) is 8.57. The summed E-state index contributed by atoms with van der Waals surface area (Å²) in [6.45, 7) is 4.89. The van der Waals surface area contributed by atoms with Crippen molar-refractivity contribution in [2.24, 2.45) is 16.7 Å². The van der Waals surface area contributed by atoms with E-state index >= 15 is 0 Å². The zero-order valence-corrected chi connectivity index (χ0v) is 17.8. The number of carbonyl (C=O) groups is 1. The average molecular weight is 398 g/mol. The van der Waals surface area contributed by atoms with Crippen LogP contribution in [0.5, 0.6) is 0 Å². The van der Waals surface area contributed by atoms with Crippen molar-refractivity contribution >= 4 is 40.3 Å². The summed E-state index contributed by atoms with van der Waals surface area (Å²) in [5.74, 6) is 1.77. The Balaban J connectivity index is 1.36. The number of hydrogen-bond donors (Lipinski definition) is 1. The third kappa shape index (κ3) is 3.09. The molecule has 1 heterocycles. The minimum atomic E-state index is 0.00482. The van der Waals surface area contributed by atoms with E-state index in [9.17, 15) is 4.79 Å². The number of rotatable bonds is 3. The van der Waals surface area contributed by atoms with Crippen molar-refractivity contribution in [3.05, 3.63) is 40.8 Å². The number of carbonyl (C=O) groups excluding carboxylic acids is 1. The molecule has 0 saturated heterocycles. The molecular formula is C23H27NOS2. The van der Waals surface area contributed by atoms with E-state index in [1.807, 2.05) is 24.3 Å². The summed E-state index contributed by atoms with van der Waals surface area (Å²) in [5.41, 5.74) is 3.86. The fourth-order valence-electron chi connectivity index (χ4n) is 7.27. The average Bonchev–Trinajstić information content (AvgIpc) is 2.97. The Morgan fingerprint density at radius 3 is 2.30 bits per heavy atom. The maximum Gasteiger partial charge on any atom is 0.251 e. The first kappa shape index (κ1) is 17.9. The number of benzene rings is 1. The molecule has 6 rings (SSSR count). The molecule has 1 aromatic carbocycles. The zero-order chi connectivity index (χ0) is 18.9. The molecule has 27 heavy (non-hydrogen) atoms. The second-order valence-corrected chi connectivity index (χ2v) is 11.6. The quantitative estimate of drug-likeness (QED) is 0.671. The lowest BCUT2D eigenvalue weighted by atomic mass is 9.43. The van der Waals surface area contributed by atoms with E-state index in [0.29, 0.717) is 10.8 Å². The van der Waals surface area contributed by atoms with Crippen LogP contribution in [0.15, 0.2) is 29.7 Å². The maximum atomic E-state index is 13.1. The van der Waals surface area contributed by atoms with Gasteiger partial charge in [-0.1, -0.05) is 38.2 Å². The molecule has 0 radical (unpaired) electrons. The van der Waals surface area contributed by atoms with Crippen LogP contribution in [0.2, 0.25) is 0 Å². The smallest absolute Gasteiger partial charge is 0.251 e. The van der Waals surface area contributed by atoms with Crippen LogP contribution in [0, 0.1) is 16.7 Å². The van der Waals surface area contributed by atoms with Crippen LogP contribution in [-0.2, 0) is 0 Å². The Bertz CT molecular complexity index is 838. The van der Waals surface area contributed by atoms with Gasteiger partial charge in [-0.2, -0.15) is 0 Å². The maximum absolute atomic E-state index is 13.1. The molecule has 0 spiro atoms. The predicted octanol–water partition coefficient (Wildman–Crippen LogP) is 5.62. The molecule has 5 aliphatic rings. The lowest BCUT2D eigenvalue weighted by Gasteiger charge is -2.65. The molecule has 4 aliphatic carbocycles. The summed E-state index contributed by atoms with van der Waals surface area (Å²) in [5, 5.41) is 5.64. The molecule has 4 saturated carbocycles. The third-order valence-electron chi connectivity index (χ3n) is 7.18. The Hall–Kier alpha value is -1.13. The summed E-state index contributed by atoms with van der Waals surface area (Å²) in [6.07, 6.45) is 7.49. The van der Waals surface area contributed by atoms with E-state index in [-0.39, 0.29) is 11.4 Å². The molecule has 4 fully saturated rings. The second kappa shape index (κ2) is 5.93. The van der Waals surface area contributed by atoms with Gasteiger partial charge in [-0.3, -0.25) is 4.79 Å². The van der Waals surface area contributed by atoms with E-state index in [1.54, 1.807) is 11.8 Å². The van der Waals surface area contributed by atoms with E-state index in [1.165, 1.54) is 25.7 Å². The van der Waals surface area contributed by atoms with Crippen LogP contribution in [0.1, 0.15) is 68.3 Å².